The third-order valence-corrected chi connectivity index (χ3v) is 6.00. The summed E-state index contributed by atoms with van der Waals surface area (Å²) in [4.78, 5) is 0. The van der Waals surface area contributed by atoms with Crippen molar-refractivity contribution in [1.82, 2.24) is 0 Å². The Morgan fingerprint density at radius 3 is 1.86 bits per heavy atom. The van der Waals surface area contributed by atoms with Gasteiger partial charge in [-0.05, 0) is 62.3 Å². The van der Waals surface area contributed by atoms with Crippen LogP contribution in [0.4, 0.5) is 13.2 Å². The molecule has 0 spiro atoms. The van der Waals surface area contributed by atoms with E-state index >= 15 is 0 Å². The highest BCUT2D eigenvalue weighted by molar-refractivity contribution is 5.25. The van der Waals surface area contributed by atoms with E-state index in [4.69, 9.17) is 0 Å². The molecule has 0 radical (unpaired) electrons. The maximum atomic E-state index is 14.0. The molecule has 4 saturated carbocycles. The lowest BCUT2D eigenvalue weighted by Gasteiger charge is -2.58. The first-order chi connectivity index (χ1) is 9.97. The zero-order chi connectivity index (χ0) is 14.8. The van der Waals surface area contributed by atoms with Crippen LogP contribution in [0.25, 0.3) is 0 Å². The minimum absolute atomic E-state index is 0.0733. The Kier molecular flexibility index (Phi) is 2.91. The highest BCUT2D eigenvalue weighted by Crippen LogP contribution is 2.64. The molecule has 0 aromatic heterocycles. The standard InChI is InChI=1S/C17H19F3O/c18-13-5-15(20)14(19)4-12(13)16(21)17-6-9-1-10(7-17)3-11(2-9)8-17/h4-5,9-11,16,21H,1-3,6-8H2. The molecule has 4 fully saturated rings. The van der Waals surface area contributed by atoms with Crippen molar-refractivity contribution in [3.05, 3.63) is 35.1 Å². The van der Waals surface area contributed by atoms with E-state index in [0.29, 0.717) is 23.8 Å². The van der Waals surface area contributed by atoms with E-state index < -0.39 is 23.6 Å². The molecule has 0 saturated heterocycles. The normalized spacial score (nSPS) is 38.8. The number of rotatable bonds is 2. The van der Waals surface area contributed by atoms with Gasteiger partial charge < -0.3 is 5.11 Å². The van der Waals surface area contributed by atoms with Crippen LogP contribution in [0.1, 0.15) is 50.2 Å². The Hall–Kier alpha value is -1.03. The fraction of sp³-hybridized carbons (Fsp3) is 0.647. The van der Waals surface area contributed by atoms with E-state index in [-0.39, 0.29) is 11.0 Å². The van der Waals surface area contributed by atoms with Crippen molar-refractivity contribution in [1.29, 1.82) is 0 Å². The molecule has 4 heteroatoms. The minimum Gasteiger partial charge on any atom is -0.388 e. The van der Waals surface area contributed by atoms with Gasteiger partial charge in [-0.25, -0.2) is 13.2 Å². The number of halogens is 3. The van der Waals surface area contributed by atoms with Crippen molar-refractivity contribution in [2.45, 2.75) is 44.6 Å². The van der Waals surface area contributed by atoms with E-state index in [0.717, 1.165) is 25.3 Å². The lowest BCUT2D eigenvalue weighted by Crippen LogP contribution is -2.49. The number of aliphatic hydroxyl groups is 1. The van der Waals surface area contributed by atoms with E-state index in [1.807, 2.05) is 0 Å². The molecule has 1 nitrogen and oxygen atoms in total. The van der Waals surface area contributed by atoms with E-state index in [1.165, 1.54) is 19.3 Å². The first-order valence-corrected chi connectivity index (χ1v) is 7.79. The van der Waals surface area contributed by atoms with Gasteiger partial charge >= 0.3 is 0 Å². The summed E-state index contributed by atoms with van der Waals surface area (Å²) in [5.74, 6) is -1.29. The van der Waals surface area contributed by atoms with Crippen LogP contribution in [0.3, 0.4) is 0 Å². The summed E-state index contributed by atoms with van der Waals surface area (Å²) in [6, 6.07) is 1.39. The quantitative estimate of drug-likeness (QED) is 0.804. The van der Waals surface area contributed by atoms with Crippen LogP contribution in [0.2, 0.25) is 0 Å². The lowest BCUT2D eigenvalue weighted by atomic mass is 9.47. The summed E-state index contributed by atoms with van der Waals surface area (Å²) in [5, 5.41) is 10.8. The van der Waals surface area contributed by atoms with Gasteiger partial charge in [0.15, 0.2) is 11.6 Å². The maximum Gasteiger partial charge on any atom is 0.161 e. The van der Waals surface area contributed by atoms with Gasteiger partial charge in [0.1, 0.15) is 5.82 Å². The smallest absolute Gasteiger partial charge is 0.161 e. The predicted molar refractivity (Wildman–Crippen MR) is 71.9 cm³/mol. The summed E-state index contributed by atoms with van der Waals surface area (Å²) in [5.41, 5.74) is -0.407. The van der Waals surface area contributed by atoms with E-state index in [9.17, 15) is 18.3 Å². The SMILES string of the molecule is OC(c1cc(F)c(F)cc1F)C12CC3CC(CC(C3)C1)C2. The van der Waals surface area contributed by atoms with Crippen LogP contribution >= 0.6 is 0 Å². The molecule has 0 amide bonds. The Balaban J connectivity index is 1.71. The monoisotopic (exact) mass is 296 g/mol. The Labute approximate surface area is 122 Å². The van der Waals surface area contributed by atoms with Crippen molar-refractivity contribution >= 4 is 0 Å². The van der Waals surface area contributed by atoms with Gasteiger partial charge in [0.05, 0.1) is 6.10 Å². The molecule has 4 aliphatic carbocycles. The first kappa shape index (κ1) is 13.6. The van der Waals surface area contributed by atoms with E-state index in [2.05, 4.69) is 0 Å². The second kappa shape index (κ2) is 4.48. The molecule has 0 heterocycles. The van der Waals surface area contributed by atoms with Crippen molar-refractivity contribution in [2.24, 2.45) is 23.2 Å². The van der Waals surface area contributed by atoms with Crippen molar-refractivity contribution in [3.63, 3.8) is 0 Å². The lowest BCUT2D eigenvalue weighted by molar-refractivity contribution is -0.123. The average Bonchev–Trinajstić information content (AvgIpc) is 2.40. The second-order valence-corrected chi connectivity index (χ2v) is 7.47. The molecule has 5 rings (SSSR count). The van der Waals surface area contributed by atoms with Gasteiger partial charge in [0.2, 0.25) is 0 Å². The summed E-state index contributed by atoms with van der Waals surface area (Å²) in [6.07, 6.45) is 5.28. The molecular formula is C17H19F3O. The van der Waals surface area contributed by atoms with Crippen molar-refractivity contribution in [3.8, 4) is 0 Å². The van der Waals surface area contributed by atoms with Crippen molar-refractivity contribution in [2.75, 3.05) is 0 Å². The van der Waals surface area contributed by atoms with Crippen LogP contribution in [0.5, 0.6) is 0 Å². The molecule has 114 valence electrons. The zero-order valence-electron chi connectivity index (χ0n) is 11.8. The summed E-state index contributed by atoms with van der Waals surface area (Å²) < 4.78 is 40.5. The molecule has 1 unspecified atom stereocenters. The Morgan fingerprint density at radius 2 is 1.33 bits per heavy atom. The second-order valence-electron chi connectivity index (χ2n) is 7.47. The van der Waals surface area contributed by atoms with Crippen molar-refractivity contribution < 1.29 is 18.3 Å². The third-order valence-electron chi connectivity index (χ3n) is 6.00. The Bertz CT molecular complexity index is 548. The van der Waals surface area contributed by atoms with Crippen LogP contribution in [-0.4, -0.2) is 5.11 Å². The van der Waals surface area contributed by atoms with Gasteiger partial charge in [-0.3, -0.25) is 0 Å². The number of benzene rings is 1. The highest BCUT2D eigenvalue weighted by atomic mass is 19.2. The molecule has 1 N–H and O–H groups in total. The van der Waals surface area contributed by atoms with Gasteiger partial charge in [-0.15, -0.1) is 0 Å². The van der Waals surface area contributed by atoms with E-state index in [1.54, 1.807) is 0 Å². The number of aliphatic hydroxyl groups excluding tert-OH is 1. The fourth-order valence-corrected chi connectivity index (χ4v) is 5.59. The fourth-order valence-electron chi connectivity index (χ4n) is 5.59. The third kappa shape index (κ3) is 2.02. The number of hydrogen-bond donors (Lipinski definition) is 1. The summed E-state index contributed by atoms with van der Waals surface area (Å²) >= 11 is 0. The van der Waals surface area contributed by atoms with Crippen LogP contribution in [0, 0.1) is 40.6 Å². The molecule has 21 heavy (non-hydrogen) atoms. The summed E-state index contributed by atoms with van der Waals surface area (Å²) in [7, 11) is 0. The van der Waals surface area contributed by atoms with Gasteiger partial charge in [-0.1, -0.05) is 0 Å². The molecule has 1 aromatic carbocycles. The largest absolute Gasteiger partial charge is 0.388 e. The van der Waals surface area contributed by atoms with Gasteiger partial charge in [-0.2, -0.15) is 0 Å². The first-order valence-electron chi connectivity index (χ1n) is 7.79. The minimum atomic E-state index is -1.20. The highest BCUT2D eigenvalue weighted by Gasteiger charge is 2.54. The van der Waals surface area contributed by atoms with Gasteiger partial charge in [0, 0.05) is 17.0 Å². The molecule has 1 atom stereocenters. The zero-order valence-corrected chi connectivity index (χ0v) is 11.8. The van der Waals surface area contributed by atoms with Crippen LogP contribution in [0.15, 0.2) is 12.1 Å². The molecule has 4 bridgehead atoms. The summed E-state index contributed by atoms with van der Waals surface area (Å²) in [6.45, 7) is 0. The molecule has 0 aliphatic heterocycles. The number of hydrogen-bond acceptors (Lipinski definition) is 1. The topological polar surface area (TPSA) is 20.2 Å². The van der Waals surface area contributed by atoms with Crippen LogP contribution < -0.4 is 0 Å². The molecule has 1 aromatic rings. The predicted octanol–water partition coefficient (Wildman–Crippen LogP) is 4.35. The van der Waals surface area contributed by atoms with Gasteiger partial charge in [0.25, 0.3) is 0 Å². The Morgan fingerprint density at radius 1 is 0.857 bits per heavy atom. The average molecular weight is 296 g/mol. The van der Waals surface area contributed by atoms with Crippen LogP contribution in [-0.2, 0) is 0 Å². The maximum absolute atomic E-state index is 14.0. The molecule has 4 aliphatic rings. The molecular weight excluding hydrogens is 277 g/mol.